The van der Waals surface area contributed by atoms with E-state index in [4.69, 9.17) is 4.74 Å². The fourth-order valence-corrected chi connectivity index (χ4v) is 3.67. The Hall–Kier alpha value is -2.52. The monoisotopic (exact) mass is 362 g/mol. The lowest BCUT2D eigenvalue weighted by atomic mass is 10.1. The van der Waals surface area contributed by atoms with Crippen molar-refractivity contribution in [3.05, 3.63) is 95.0 Å². The molecule has 0 unspecified atom stereocenters. The summed E-state index contributed by atoms with van der Waals surface area (Å²) in [6.45, 7) is 2.69. The molecule has 26 heavy (non-hydrogen) atoms. The van der Waals surface area contributed by atoms with E-state index in [1.807, 2.05) is 6.92 Å². The average Bonchev–Trinajstić information content (AvgIpc) is 2.66. The van der Waals surface area contributed by atoms with Crippen molar-refractivity contribution in [1.29, 1.82) is 0 Å². The molecule has 0 amide bonds. The fraction of sp³-hybridized carbons (Fsp3) is 0.174. The summed E-state index contributed by atoms with van der Waals surface area (Å²) in [7, 11) is 4.10. The van der Waals surface area contributed by atoms with Crippen molar-refractivity contribution < 1.29 is 9.31 Å². The summed E-state index contributed by atoms with van der Waals surface area (Å²) in [5.41, 5.74) is 3.57. The lowest BCUT2D eigenvalue weighted by molar-refractivity contribution is -0.462. The van der Waals surface area contributed by atoms with Crippen molar-refractivity contribution in [2.75, 3.05) is 20.7 Å². The number of allylic oxidation sites excluding steroid dienone is 10. The molecule has 1 aliphatic heterocycles. The van der Waals surface area contributed by atoms with Gasteiger partial charge in [0.05, 0.1) is 6.61 Å². The first-order valence-corrected chi connectivity index (χ1v) is 9.60. The van der Waals surface area contributed by atoms with E-state index in [-0.39, 0.29) is 0 Å². The molecule has 1 aromatic rings. The summed E-state index contributed by atoms with van der Waals surface area (Å²) in [4.78, 5) is 2.42. The van der Waals surface area contributed by atoms with Gasteiger partial charge >= 0.3 is 0 Å². The molecule has 0 fully saturated rings. The minimum Gasteiger partial charge on any atom is -0.493 e. The van der Waals surface area contributed by atoms with Crippen LogP contribution in [0.2, 0.25) is 0 Å². The van der Waals surface area contributed by atoms with Gasteiger partial charge in [-0.25, -0.2) is 4.58 Å². The predicted octanol–water partition coefficient (Wildman–Crippen LogP) is 5.38. The van der Waals surface area contributed by atoms with Crippen LogP contribution in [0.5, 0.6) is 0 Å². The second-order valence-electron chi connectivity index (χ2n) is 6.15. The van der Waals surface area contributed by atoms with Crippen LogP contribution >= 0.6 is 11.8 Å². The smallest absolute Gasteiger partial charge is 0.199 e. The molecule has 1 heterocycles. The lowest BCUT2D eigenvalue weighted by Crippen LogP contribution is -2.09. The van der Waals surface area contributed by atoms with Gasteiger partial charge in [-0.3, -0.25) is 0 Å². The highest BCUT2D eigenvalue weighted by Crippen LogP contribution is 2.40. The van der Waals surface area contributed by atoms with Crippen molar-refractivity contribution in [3.63, 3.8) is 0 Å². The summed E-state index contributed by atoms with van der Waals surface area (Å²) < 4.78 is 7.92. The summed E-state index contributed by atoms with van der Waals surface area (Å²) >= 11 is 1.77. The molecule has 1 aromatic carbocycles. The standard InChI is InChI=1S/C23H24NOS/c1-4-25-22-17-20(26-23-12-8-7-11-21(22)23)10-6-5-9-18-13-15-19(16-14-18)24(2)3/h5-17H,4H2,1-3H3/q+1/b6-5+,20-10-. The van der Waals surface area contributed by atoms with E-state index in [9.17, 15) is 0 Å². The first-order valence-electron chi connectivity index (χ1n) is 8.78. The molecule has 132 valence electrons. The number of hydrogen-bond acceptors (Lipinski definition) is 2. The zero-order valence-corrected chi connectivity index (χ0v) is 16.3. The Morgan fingerprint density at radius 2 is 1.73 bits per heavy atom. The van der Waals surface area contributed by atoms with Gasteiger partial charge in [0, 0.05) is 27.5 Å². The minimum atomic E-state index is 0.671. The highest BCUT2D eigenvalue weighted by molar-refractivity contribution is 8.03. The van der Waals surface area contributed by atoms with E-state index >= 15 is 0 Å². The predicted molar refractivity (Wildman–Crippen MR) is 113 cm³/mol. The van der Waals surface area contributed by atoms with Gasteiger partial charge in [0.2, 0.25) is 0 Å². The molecule has 1 aliphatic carbocycles. The third kappa shape index (κ3) is 4.55. The molecule has 0 radical (unpaired) electrons. The quantitative estimate of drug-likeness (QED) is 0.667. The van der Waals surface area contributed by atoms with Crippen LogP contribution in [0.15, 0.2) is 94.3 Å². The number of thioether (sulfide) groups is 1. The Kier molecular flexibility index (Phi) is 6.13. The van der Waals surface area contributed by atoms with Crippen LogP contribution in [0.1, 0.15) is 12.5 Å². The third-order valence-corrected chi connectivity index (χ3v) is 5.09. The van der Waals surface area contributed by atoms with E-state index in [1.54, 1.807) is 11.8 Å². The highest BCUT2D eigenvalue weighted by atomic mass is 32.2. The number of nitrogens with zero attached hydrogens (tertiary/aromatic N) is 1. The van der Waals surface area contributed by atoms with Crippen molar-refractivity contribution in [2.45, 2.75) is 11.8 Å². The van der Waals surface area contributed by atoms with Crippen molar-refractivity contribution >= 4 is 23.2 Å². The van der Waals surface area contributed by atoms with Crippen LogP contribution in [-0.2, 0) is 4.74 Å². The Labute approximate surface area is 160 Å². The summed E-state index contributed by atoms with van der Waals surface area (Å²) in [5, 5.41) is 0. The first-order chi connectivity index (χ1) is 12.7. The van der Waals surface area contributed by atoms with Crippen LogP contribution < -0.4 is 0 Å². The minimum absolute atomic E-state index is 0.671. The number of rotatable bonds is 4. The second kappa shape index (κ2) is 8.72. The molecular weight excluding hydrogens is 338 g/mol. The Morgan fingerprint density at radius 3 is 2.46 bits per heavy atom. The van der Waals surface area contributed by atoms with Gasteiger partial charge < -0.3 is 4.74 Å². The van der Waals surface area contributed by atoms with Gasteiger partial charge in [0.15, 0.2) is 5.71 Å². The number of hydrogen-bond donors (Lipinski definition) is 0. The van der Waals surface area contributed by atoms with Gasteiger partial charge in [-0.15, -0.1) is 0 Å². The molecule has 3 heteroatoms. The molecule has 0 saturated heterocycles. The number of ether oxygens (including phenoxy) is 1. The molecule has 2 aliphatic rings. The molecule has 0 spiro atoms. The number of fused-ring (bicyclic) bond motifs is 1. The maximum absolute atomic E-state index is 5.82. The molecule has 3 rings (SSSR count). The maximum atomic E-state index is 5.82. The largest absolute Gasteiger partial charge is 0.493 e. The SMILES string of the molecule is CCOC1=C/C(=C/C=C/C=C2C=CC(=[N+](C)C)C=C2)Sc2ccccc21. The summed E-state index contributed by atoms with van der Waals surface area (Å²) in [6.07, 6.45) is 19.0. The van der Waals surface area contributed by atoms with Crippen molar-refractivity contribution in [2.24, 2.45) is 0 Å². The highest BCUT2D eigenvalue weighted by Gasteiger charge is 2.16. The van der Waals surface area contributed by atoms with E-state index in [0.717, 1.165) is 5.76 Å². The van der Waals surface area contributed by atoms with Crippen LogP contribution in [0.4, 0.5) is 0 Å². The van der Waals surface area contributed by atoms with Gasteiger partial charge in [0.1, 0.15) is 19.9 Å². The topological polar surface area (TPSA) is 12.2 Å². The first kappa shape index (κ1) is 18.3. The van der Waals surface area contributed by atoms with E-state index in [1.165, 1.54) is 26.6 Å². The Bertz CT molecular complexity index is 873. The third-order valence-electron chi connectivity index (χ3n) is 4.02. The second-order valence-corrected chi connectivity index (χ2v) is 7.26. The maximum Gasteiger partial charge on any atom is 0.199 e. The van der Waals surface area contributed by atoms with Gasteiger partial charge in [0.25, 0.3) is 0 Å². The van der Waals surface area contributed by atoms with Crippen molar-refractivity contribution in [3.8, 4) is 0 Å². The average molecular weight is 363 g/mol. The van der Waals surface area contributed by atoms with Gasteiger partial charge in [-0.05, 0) is 42.9 Å². The molecule has 0 atom stereocenters. The Morgan fingerprint density at radius 1 is 1.00 bits per heavy atom. The lowest BCUT2D eigenvalue weighted by Gasteiger charge is -2.18. The molecule has 0 N–H and O–H groups in total. The van der Waals surface area contributed by atoms with Crippen molar-refractivity contribution in [1.82, 2.24) is 0 Å². The van der Waals surface area contributed by atoms with Crippen LogP contribution in [0, 0.1) is 0 Å². The molecule has 2 nitrogen and oxygen atoms in total. The van der Waals surface area contributed by atoms with Crippen LogP contribution in [0.3, 0.4) is 0 Å². The molecular formula is C23H24NOS+. The molecule has 0 aromatic heterocycles. The summed E-state index contributed by atoms with van der Waals surface area (Å²) in [6, 6.07) is 8.38. The fourth-order valence-electron chi connectivity index (χ4n) is 2.68. The van der Waals surface area contributed by atoms with E-state index in [0.29, 0.717) is 6.61 Å². The van der Waals surface area contributed by atoms with E-state index in [2.05, 4.69) is 97.6 Å². The van der Waals surface area contributed by atoms with Crippen LogP contribution in [-0.4, -0.2) is 31.0 Å². The zero-order valence-electron chi connectivity index (χ0n) is 15.5. The molecule has 0 bridgehead atoms. The summed E-state index contributed by atoms with van der Waals surface area (Å²) in [5.74, 6) is 0.949. The normalized spacial score (nSPS) is 17.5. The number of benzene rings is 1. The van der Waals surface area contributed by atoms with E-state index < -0.39 is 0 Å². The van der Waals surface area contributed by atoms with Gasteiger partial charge in [-0.2, -0.15) is 0 Å². The molecule has 0 saturated carbocycles. The Balaban J connectivity index is 1.73. The van der Waals surface area contributed by atoms with Gasteiger partial charge in [-0.1, -0.05) is 48.2 Å². The zero-order chi connectivity index (χ0) is 18.4. The van der Waals surface area contributed by atoms with Crippen LogP contribution in [0.25, 0.3) is 5.76 Å².